The molecule has 27 heavy (non-hydrogen) atoms. The fraction of sp³-hybridized carbons (Fsp3) is 0.500. The smallest absolute Gasteiger partial charge is 0.238 e. The van der Waals surface area contributed by atoms with Crippen LogP contribution in [0.5, 0.6) is 17.2 Å². The second kappa shape index (κ2) is 10.4. The summed E-state index contributed by atoms with van der Waals surface area (Å²) in [7, 11) is 4.65. The summed E-state index contributed by atoms with van der Waals surface area (Å²) in [5.74, 6) is 2.04. The lowest BCUT2D eigenvalue weighted by atomic mass is 10.1. The highest BCUT2D eigenvalue weighted by molar-refractivity contribution is 8.23. The molecule has 1 aromatic rings. The summed E-state index contributed by atoms with van der Waals surface area (Å²) in [4.78, 5) is 25.3. The number of ether oxygens (including phenoxy) is 3. The molecular weight excluding hydrogens is 388 g/mol. The molecule has 0 bridgehead atoms. The summed E-state index contributed by atoms with van der Waals surface area (Å²) in [6.45, 7) is 0.936. The van der Waals surface area contributed by atoms with Crippen LogP contribution in [0.15, 0.2) is 12.1 Å². The van der Waals surface area contributed by atoms with Crippen molar-refractivity contribution in [3.05, 3.63) is 17.7 Å². The standard InChI is InChI=1S/C18H24N2O5S2/c1-23-13-8-12(9-14(24-2)17(13)25-3)10-19-15(21)6-4-5-7-20-16(22)11-27-18(20)26/h8-9H,4-7,10-11H2,1-3H3,(H,19,21). The van der Waals surface area contributed by atoms with Crippen LogP contribution in [0.4, 0.5) is 0 Å². The van der Waals surface area contributed by atoms with Crippen molar-refractivity contribution in [3.8, 4) is 17.2 Å². The van der Waals surface area contributed by atoms with E-state index in [2.05, 4.69) is 5.32 Å². The lowest BCUT2D eigenvalue weighted by Gasteiger charge is -2.15. The first kappa shape index (κ1) is 21.3. The van der Waals surface area contributed by atoms with E-state index in [0.717, 1.165) is 12.0 Å². The maximum Gasteiger partial charge on any atom is 0.238 e. The van der Waals surface area contributed by atoms with Crippen LogP contribution in [-0.2, 0) is 16.1 Å². The second-order valence-electron chi connectivity index (χ2n) is 5.87. The first-order valence-corrected chi connectivity index (χ1v) is 9.92. The molecule has 9 heteroatoms. The fourth-order valence-electron chi connectivity index (χ4n) is 2.68. The molecule has 2 amide bonds. The summed E-state index contributed by atoms with van der Waals surface area (Å²) >= 11 is 6.52. The molecule has 1 N–H and O–H groups in total. The van der Waals surface area contributed by atoms with Gasteiger partial charge in [0.15, 0.2) is 11.5 Å². The highest BCUT2D eigenvalue weighted by Crippen LogP contribution is 2.38. The first-order chi connectivity index (χ1) is 13.0. The van der Waals surface area contributed by atoms with Gasteiger partial charge in [0.25, 0.3) is 0 Å². The number of rotatable bonds is 10. The number of carbonyl (C=O) groups excluding carboxylic acids is 2. The van der Waals surface area contributed by atoms with Crippen LogP contribution in [0.2, 0.25) is 0 Å². The normalized spacial score (nSPS) is 13.7. The Labute approximate surface area is 168 Å². The number of benzene rings is 1. The van der Waals surface area contributed by atoms with Gasteiger partial charge in [-0.15, -0.1) is 0 Å². The van der Waals surface area contributed by atoms with Crippen molar-refractivity contribution in [2.75, 3.05) is 33.6 Å². The molecule has 1 aliphatic heterocycles. The van der Waals surface area contributed by atoms with E-state index in [4.69, 9.17) is 26.4 Å². The van der Waals surface area contributed by atoms with Gasteiger partial charge in [-0.1, -0.05) is 24.0 Å². The fourth-order valence-corrected chi connectivity index (χ4v) is 3.80. The molecule has 0 saturated carbocycles. The lowest BCUT2D eigenvalue weighted by Crippen LogP contribution is -2.29. The topological polar surface area (TPSA) is 77.1 Å². The zero-order chi connectivity index (χ0) is 19.8. The van der Waals surface area contributed by atoms with Crippen molar-refractivity contribution >= 4 is 40.1 Å². The van der Waals surface area contributed by atoms with E-state index in [9.17, 15) is 9.59 Å². The van der Waals surface area contributed by atoms with Gasteiger partial charge < -0.3 is 19.5 Å². The first-order valence-electron chi connectivity index (χ1n) is 8.52. The minimum Gasteiger partial charge on any atom is -0.493 e. The molecular formula is C18H24N2O5S2. The molecule has 7 nitrogen and oxygen atoms in total. The number of carbonyl (C=O) groups is 2. The quantitative estimate of drug-likeness (QED) is 0.467. The third-order valence-corrected chi connectivity index (χ3v) is 5.52. The molecule has 0 radical (unpaired) electrons. The predicted octanol–water partition coefficient (Wildman–Crippen LogP) is 2.36. The maximum atomic E-state index is 12.1. The molecule has 148 valence electrons. The molecule has 0 unspecified atom stereocenters. The van der Waals surface area contributed by atoms with E-state index in [1.54, 1.807) is 38.4 Å². The van der Waals surface area contributed by atoms with Gasteiger partial charge in [-0.2, -0.15) is 0 Å². The minimum absolute atomic E-state index is 0.0477. The van der Waals surface area contributed by atoms with Crippen molar-refractivity contribution in [1.29, 1.82) is 0 Å². The molecule has 2 rings (SSSR count). The maximum absolute atomic E-state index is 12.1. The van der Waals surface area contributed by atoms with E-state index in [-0.39, 0.29) is 11.8 Å². The van der Waals surface area contributed by atoms with Crippen LogP contribution in [0.1, 0.15) is 24.8 Å². The molecule has 0 aromatic heterocycles. The summed E-state index contributed by atoms with van der Waals surface area (Å²) in [5, 5.41) is 2.88. The van der Waals surface area contributed by atoms with E-state index in [0.29, 0.717) is 53.3 Å². The molecule has 1 saturated heterocycles. The zero-order valence-corrected chi connectivity index (χ0v) is 17.3. The highest BCUT2D eigenvalue weighted by Gasteiger charge is 2.25. The average Bonchev–Trinajstić information content (AvgIpc) is 3.00. The summed E-state index contributed by atoms with van der Waals surface area (Å²) < 4.78 is 16.5. The van der Waals surface area contributed by atoms with Crippen molar-refractivity contribution in [1.82, 2.24) is 10.2 Å². The Hall–Kier alpha value is -2.00. The number of unbranched alkanes of at least 4 members (excludes halogenated alkanes) is 1. The number of thioether (sulfide) groups is 1. The van der Waals surface area contributed by atoms with Gasteiger partial charge in [-0.05, 0) is 30.5 Å². The Morgan fingerprint density at radius 3 is 2.37 bits per heavy atom. The summed E-state index contributed by atoms with van der Waals surface area (Å²) in [6.07, 6.45) is 1.83. The number of amides is 2. The van der Waals surface area contributed by atoms with Gasteiger partial charge in [0.05, 0.1) is 27.1 Å². The Bertz CT molecular complexity index is 670. The molecule has 0 spiro atoms. The van der Waals surface area contributed by atoms with Gasteiger partial charge in [0, 0.05) is 19.5 Å². The monoisotopic (exact) mass is 412 g/mol. The molecule has 1 aromatic carbocycles. The summed E-state index contributed by atoms with van der Waals surface area (Å²) in [5.41, 5.74) is 0.850. The number of nitrogens with zero attached hydrogens (tertiary/aromatic N) is 1. The van der Waals surface area contributed by atoms with Gasteiger partial charge in [0.2, 0.25) is 17.6 Å². The predicted molar refractivity (Wildman–Crippen MR) is 109 cm³/mol. The van der Waals surface area contributed by atoms with Crippen molar-refractivity contribution in [2.45, 2.75) is 25.8 Å². The van der Waals surface area contributed by atoms with Crippen molar-refractivity contribution in [2.24, 2.45) is 0 Å². The van der Waals surface area contributed by atoms with Crippen LogP contribution in [-0.4, -0.2) is 54.7 Å². The Morgan fingerprint density at radius 2 is 1.85 bits per heavy atom. The number of hydrogen-bond acceptors (Lipinski definition) is 7. The van der Waals surface area contributed by atoms with Crippen molar-refractivity contribution in [3.63, 3.8) is 0 Å². The molecule has 0 aliphatic carbocycles. The van der Waals surface area contributed by atoms with Crippen LogP contribution >= 0.6 is 24.0 Å². The second-order valence-corrected chi connectivity index (χ2v) is 7.48. The highest BCUT2D eigenvalue weighted by atomic mass is 32.2. The largest absolute Gasteiger partial charge is 0.493 e. The van der Waals surface area contributed by atoms with Crippen LogP contribution in [0.25, 0.3) is 0 Å². The molecule has 0 atom stereocenters. The Balaban J connectivity index is 1.78. The molecule has 1 aliphatic rings. The van der Waals surface area contributed by atoms with Crippen LogP contribution in [0, 0.1) is 0 Å². The minimum atomic E-state index is -0.0477. The van der Waals surface area contributed by atoms with E-state index < -0.39 is 0 Å². The number of methoxy groups -OCH3 is 3. The molecule has 1 heterocycles. The van der Waals surface area contributed by atoms with Crippen LogP contribution < -0.4 is 19.5 Å². The summed E-state index contributed by atoms with van der Waals surface area (Å²) in [6, 6.07) is 3.61. The van der Waals surface area contributed by atoms with Gasteiger partial charge >= 0.3 is 0 Å². The number of thiocarbonyl (C=S) groups is 1. The SMILES string of the molecule is COc1cc(CNC(=O)CCCCN2C(=O)CSC2=S)cc(OC)c1OC. The van der Waals surface area contributed by atoms with Gasteiger partial charge in [-0.25, -0.2) is 0 Å². The van der Waals surface area contributed by atoms with Crippen LogP contribution in [0.3, 0.4) is 0 Å². The zero-order valence-electron chi connectivity index (χ0n) is 15.7. The number of nitrogens with one attached hydrogen (secondary N) is 1. The third-order valence-electron chi connectivity index (χ3n) is 4.09. The van der Waals surface area contributed by atoms with Crippen molar-refractivity contribution < 1.29 is 23.8 Å². The van der Waals surface area contributed by atoms with E-state index in [1.165, 1.54) is 11.8 Å². The lowest BCUT2D eigenvalue weighted by molar-refractivity contribution is -0.124. The molecule has 1 fully saturated rings. The third kappa shape index (κ3) is 5.74. The van der Waals surface area contributed by atoms with E-state index in [1.807, 2.05) is 0 Å². The van der Waals surface area contributed by atoms with E-state index >= 15 is 0 Å². The number of hydrogen-bond donors (Lipinski definition) is 1. The Morgan fingerprint density at radius 1 is 1.19 bits per heavy atom. The Kier molecular flexibility index (Phi) is 8.18. The van der Waals surface area contributed by atoms with Gasteiger partial charge in [0.1, 0.15) is 4.32 Å². The average molecular weight is 413 g/mol. The van der Waals surface area contributed by atoms with Gasteiger partial charge in [-0.3, -0.25) is 14.5 Å².